The zero-order valence-corrected chi connectivity index (χ0v) is 9.06. The molecule has 0 saturated carbocycles. The van der Waals surface area contributed by atoms with Crippen molar-refractivity contribution in [1.29, 1.82) is 5.26 Å². The molecule has 0 aliphatic rings. The highest BCUT2D eigenvalue weighted by atomic mass is 35.5. The van der Waals surface area contributed by atoms with Gasteiger partial charge in [-0.3, -0.25) is 0 Å². The third-order valence-corrected chi connectivity index (χ3v) is 2.27. The van der Waals surface area contributed by atoms with Crippen molar-refractivity contribution >= 4 is 16.6 Å². The summed E-state index contributed by atoms with van der Waals surface area (Å²) in [6.07, 6.45) is 1.59. The lowest BCUT2D eigenvalue weighted by molar-refractivity contribution is 0.523. The van der Waals surface area contributed by atoms with E-state index in [2.05, 4.69) is 6.07 Å². The van der Waals surface area contributed by atoms with Crippen molar-refractivity contribution < 1.29 is 4.42 Å². The summed E-state index contributed by atoms with van der Waals surface area (Å²) in [4.78, 5) is 0. The number of furan rings is 1. The van der Waals surface area contributed by atoms with Gasteiger partial charge in [-0.15, -0.1) is 0 Å². The van der Waals surface area contributed by atoms with Crippen molar-refractivity contribution in [3.8, 4) is 6.07 Å². The Balaban J connectivity index is 3.02. The van der Waals surface area contributed by atoms with Gasteiger partial charge in [-0.25, -0.2) is 0 Å². The topological polar surface area (TPSA) is 36.9 Å². The predicted molar refractivity (Wildman–Crippen MR) is 56.7 cm³/mol. The van der Waals surface area contributed by atoms with Gasteiger partial charge in [-0.2, -0.15) is 5.26 Å². The smallest absolute Gasteiger partial charge is 0.146 e. The monoisotopic (exact) mass is 209 g/mol. The van der Waals surface area contributed by atoms with Crippen LogP contribution in [0.4, 0.5) is 0 Å². The average molecular weight is 210 g/mol. The van der Waals surface area contributed by atoms with E-state index in [-0.39, 0.29) is 0 Å². The molecule has 1 heterocycles. The van der Waals surface area contributed by atoms with Crippen LogP contribution in [0.25, 0.3) is 5.03 Å². The van der Waals surface area contributed by atoms with E-state index >= 15 is 0 Å². The maximum absolute atomic E-state index is 8.86. The largest absolute Gasteiger partial charge is 0.460 e. The van der Waals surface area contributed by atoms with Crippen LogP contribution in [0.2, 0.25) is 0 Å². The minimum Gasteiger partial charge on any atom is -0.460 e. The Labute approximate surface area is 88.8 Å². The van der Waals surface area contributed by atoms with E-state index in [1.807, 2.05) is 19.9 Å². The Morgan fingerprint density at radius 1 is 1.57 bits per heavy atom. The molecule has 3 heteroatoms. The number of allylic oxidation sites excluding steroid dienone is 1. The van der Waals surface area contributed by atoms with Crippen LogP contribution in [0.5, 0.6) is 0 Å². The van der Waals surface area contributed by atoms with Gasteiger partial charge in [0.25, 0.3) is 0 Å². The van der Waals surface area contributed by atoms with Gasteiger partial charge in [0.05, 0.1) is 16.7 Å². The van der Waals surface area contributed by atoms with Gasteiger partial charge in [-0.1, -0.05) is 24.9 Å². The molecule has 0 bridgehead atoms. The number of aryl methyl sites for hydroxylation is 1. The standard InChI is InChI=1S/C11H12ClNO/c1-3-4-9(7-13)11(12)10-6-5-8(2)14-10/h5-6H,3-4H2,1-2H3. The molecule has 0 aliphatic heterocycles. The van der Waals surface area contributed by atoms with E-state index in [0.29, 0.717) is 22.8 Å². The summed E-state index contributed by atoms with van der Waals surface area (Å²) in [6, 6.07) is 5.71. The summed E-state index contributed by atoms with van der Waals surface area (Å²) in [5.74, 6) is 1.38. The number of halogens is 1. The van der Waals surface area contributed by atoms with Crippen LogP contribution in [-0.4, -0.2) is 0 Å². The molecule has 0 aromatic carbocycles. The Kier molecular flexibility index (Phi) is 3.79. The van der Waals surface area contributed by atoms with Gasteiger partial charge in [0.15, 0.2) is 0 Å². The number of rotatable bonds is 3. The maximum Gasteiger partial charge on any atom is 0.146 e. The summed E-state index contributed by atoms with van der Waals surface area (Å²) in [5.41, 5.74) is 0.587. The molecule has 0 saturated heterocycles. The zero-order chi connectivity index (χ0) is 10.6. The van der Waals surface area contributed by atoms with E-state index in [4.69, 9.17) is 21.3 Å². The Morgan fingerprint density at radius 3 is 2.71 bits per heavy atom. The predicted octanol–water partition coefficient (Wildman–Crippen LogP) is 3.86. The number of hydrogen-bond donors (Lipinski definition) is 0. The first-order chi connectivity index (χ1) is 6.69. The molecule has 2 nitrogen and oxygen atoms in total. The lowest BCUT2D eigenvalue weighted by Crippen LogP contribution is -1.82. The fraction of sp³-hybridized carbons (Fsp3) is 0.364. The Hall–Kier alpha value is -1.20. The molecule has 0 spiro atoms. The van der Waals surface area contributed by atoms with Crippen LogP contribution in [-0.2, 0) is 0 Å². The molecule has 1 aromatic rings. The van der Waals surface area contributed by atoms with Crippen LogP contribution in [0.1, 0.15) is 31.3 Å². The number of nitriles is 1. The van der Waals surface area contributed by atoms with Crippen molar-refractivity contribution in [3.05, 3.63) is 29.2 Å². The van der Waals surface area contributed by atoms with Gasteiger partial charge in [0.1, 0.15) is 11.5 Å². The van der Waals surface area contributed by atoms with Gasteiger partial charge < -0.3 is 4.42 Å². The third-order valence-electron chi connectivity index (χ3n) is 1.86. The minimum absolute atomic E-state index is 0.433. The summed E-state index contributed by atoms with van der Waals surface area (Å²) in [6.45, 7) is 3.86. The van der Waals surface area contributed by atoms with Crippen LogP contribution >= 0.6 is 11.6 Å². The highest BCUT2D eigenvalue weighted by Gasteiger charge is 2.09. The molecule has 0 fully saturated rings. The van der Waals surface area contributed by atoms with E-state index in [9.17, 15) is 0 Å². The molecule has 0 amide bonds. The van der Waals surface area contributed by atoms with Gasteiger partial charge in [0.2, 0.25) is 0 Å². The number of hydrogen-bond acceptors (Lipinski definition) is 2. The SMILES string of the molecule is CCCC(C#N)=C(Cl)c1ccc(C)o1. The van der Waals surface area contributed by atoms with Crippen molar-refractivity contribution in [3.63, 3.8) is 0 Å². The van der Waals surface area contributed by atoms with E-state index in [1.165, 1.54) is 0 Å². The summed E-state index contributed by atoms with van der Waals surface area (Å²) >= 11 is 6.03. The summed E-state index contributed by atoms with van der Waals surface area (Å²) in [7, 11) is 0. The zero-order valence-electron chi connectivity index (χ0n) is 8.30. The van der Waals surface area contributed by atoms with Crippen molar-refractivity contribution in [1.82, 2.24) is 0 Å². The molecular formula is C11H12ClNO. The second-order valence-electron chi connectivity index (χ2n) is 3.06. The first-order valence-electron chi connectivity index (χ1n) is 4.54. The highest BCUT2D eigenvalue weighted by molar-refractivity contribution is 6.49. The van der Waals surface area contributed by atoms with Crippen molar-refractivity contribution in [2.75, 3.05) is 0 Å². The number of nitrogens with zero attached hydrogens (tertiary/aromatic N) is 1. The summed E-state index contributed by atoms with van der Waals surface area (Å²) < 4.78 is 5.33. The molecule has 0 radical (unpaired) electrons. The fourth-order valence-corrected chi connectivity index (χ4v) is 1.40. The van der Waals surface area contributed by atoms with Crippen LogP contribution in [0.15, 0.2) is 22.1 Å². The average Bonchev–Trinajstić information content (AvgIpc) is 2.60. The lowest BCUT2D eigenvalue weighted by atomic mass is 10.1. The normalized spacial score (nSPS) is 12.1. The van der Waals surface area contributed by atoms with E-state index < -0.39 is 0 Å². The van der Waals surface area contributed by atoms with Gasteiger partial charge in [-0.05, 0) is 25.5 Å². The molecule has 14 heavy (non-hydrogen) atoms. The Bertz CT molecular complexity index is 384. The van der Waals surface area contributed by atoms with E-state index in [1.54, 1.807) is 6.07 Å². The molecule has 0 aliphatic carbocycles. The molecule has 0 atom stereocenters. The van der Waals surface area contributed by atoms with Crippen molar-refractivity contribution in [2.24, 2.45) is 0 Å². The summed E-state index contributed by atoms with van der Waals surface area (Å²) in [5, 5.41) is 9.29. The van der Waals surface area contributed by atoms with Gasteiger partial charge in [0, 0.05) is 0 Å². The van der Waals surface area contributed by atoms with Crippen LogP contribution < -0.4 is 0 Å². The fourth-order valence-electron chi connectivity index (χ4n) is 1.17. The second-order valence-corrected chi connectivity index (χ2v) is 3.44. The van der Waals surface area contributed by atoms with Gasteiger partial charge >= 0.3 is 0 Å². The van der Waals surface area contributed by atoms with Crippen molar-refractivity contribution in [2.45, 2.75) is 26.7 Å². The quantitative estimate of drug-likeness (QED) is 0.709. The maximum atomic E-state index is 8.86. The Morgan fingerprint density at radius 2 is 2.29 bits per heavy atom. The molecule has 0 unspecified atom stereocenters. The molecule has 0 N–H and O–H groups in total. The minimum atomic E-state index is 0.433. The second kappa shape index (κ2) is 4.88. The molecule has 1 rings (SSSR count). The first-order valence-corrected chi connectivity index (χ1v) is 4.92. The highest BCUT2D eigenvalue weighted by Crippen LogP contribution is 2.26. The van der Waals surface area contributed by atoms with Crippen LogP contribution in [0, 0.1) is 18.3 Å². The van der Waals surface area contributed by atoms with Crippen LogP contribution in [0.3, 0.4) is 0 Å². The van der Waals surface area contributed by atoms with E-state index in [0.717, 1.165) is 12.2 Å². The first kappa shape index (κ1) is 10.9. The third kappa shape index (κ3) is 2.40. The molecule has 1 aromatic heterocycles. The molecule has 74 valence electrons. The molecular weight excluding hydrogens is 198 g/mol. The lowest BCUT2D eigenvalue weighted by Gasteiger charge is -1.98.